The van der Waals surface area contributed by atoms with Crippen molar-refractivity contribution in [3.63, 3.8) is 0 Å². The summed E-state index contributed by atoms with van der Waals surface area (Å²) in [5.74, 6) is 1.52. The molecule has 180 valence electrons. The second kappa shape index (κ2) is 11.5. The Morgan fingerprint density at radius 2 is 1.79 bits per heavy atom. The minimum atomic E-state index is -0.238. The van der Waals surface area contributed by atoms with Gasteiger partial charge >= 0.3 is 0 Å². The Morgan fingerprint density at radius 1 is 1.09 bits per heavy atom. The molecule has 33 heavy (non-hydrogen) atoms. The third kappa shape index (κ3) is 6.45. The van der Waals surface area contributed by atoms with Crippen molar-refractivity contribution < 1.29 is 23.4 Å². The third-order valence-corrected chi connectivity index (χ3v) is 6.25. The summed E-state index contributed by atoms with van der Waals surface area (Å²) in [4.78, 5) is 16.9. The molecule has 2 atom stereocenters. The van der Waals surface area contributed by atoms with Gasteiger partial charge in [0.1, 0.15) is 23.9 Å². The molecule has 0 aliphatic carbocycles. The van der Waals surface area contributed by atoms with E-state index in [0.29, 0.717) is 13.1 Å². The van der Waals surface area contributed by atoms with Crippen molar-refractivity contribution in [1.29, 1.82) is 0 Å². The molecule has 6 nitrogen and oxygen atoms in total. The molecule has 0 N–H and O–H groups in total. The van der Waals surface area contributed by atoms with Crippen LogP contribution in [0.2, 0.25) is 0 Å². The van der Waals surface area contributed by atoms with E-state index in [-0.39, 0.29) is 36.2 Å². The molecule has 1 fully saturated rings. The quantitative estimate of drug-likeness (QED) is 0.540. The summed E-state index contributed by atoms with van der Waals surface area (Å²) >= 11 is 0. The molecule has 0 saturated carbocycles. The van der Waals surface area contributed by atoms with Gasteiger partial charge in [-0.15, -0.1) is 0 Å². The highest BCUT2D eigenvalue weighted by atomic mass is 19.1. The molecule has 1 heterocycles. The van der Waals surface area contributed by atoms with Crippen LogP contribution in [0.3, 0.4) is 0 Å². The number of likely N-dealkylation sites (tertiary alicyclic amines) is 1. The van der Waals surface area contributed by atoms with Crippen LogP contribution in [0.25, 0.3) is 0 Å². The van der Waals surface area contributed by atoms with Gasteiger partial charge in [0.2, 0.25) is 5.91 Å². The van der Waals surface area contributed by atoms with Gasteiger partial charge in [-0.25, -0.2) is 4.39 Å². The van der Waals surface area contributed by atoms with Crippen molar-refractivity contribution in [3.05, 3.63) is 59.4 Å². The van der Waals surface area contributed by atoms with Gasteiger partial charge in [-0.3, -0.25) is 9.69 Å². The maximum absolute atomic E-state index is 14.1. The van der Waals surface area contributed by atoms with Gasteiger partial charge in [0.05, 0.1) is 14.2 Å². The number of nitrogens with zero attached hydrogens (tertiary/aromatic N) is 2. The van der Waals surface area contributed by atoms with E-state index in [1.165, 1.54) is 13.2 Å². The highest BCUT2D eigenvalue weighted by Gasteiger charge is 2.36. The molecule has 2 aromatic carbocycles. The molecule has 0 aromatic heterocycles. The summed E-state index contributed by atoms with van der Waals surface area (Å²) in [6.45, 7) is 6.97. The molecule has 1 amide bonds. The summed E-state index contributed by atoms with van der Waals surface area (Å²) in [6.07, 6.45) is 0. The number of carbonyl (C=O) groups excluding carboxylic acids is 1. The molecule has 1 saturated heterocycles. The van der Waals surface area contributed by atoms with Gasteiger partial charge in [-0.2, -0.15) is 0 Å². The third-order valence-electron chi connectivity index (χ3n) is 6.25. The predicted molar refractivity (Wildman–Crippen MR) is 126 cm³/mol. The lowest BCUT2D eigenvalue weighted by Gasteiger charge is -2.31. The van der Waals surface area contributed by atoms with Gasteiger partial charge in [-0.05, 0) is 55.2 Å². The Labute approximate surface area is 196 Å². The van der Waals surface area contributed by atoms with Crippen LogP contribution in [0.15, 0.2) is 42.5 Å². The van der Waals surface area contributed by atoms with E-state index >= 15 is 0 Å². The average Bonchev–Trinajstić information content (AvgIpc) is 3.19. The minimum Gasteiger partial charge on any atom is -0.497 e. The van der Waals surface area contributed by atoms with Crippen molar-refractivity contribution in [2.75, 3.05) is 47.6 Å². The fraction of sp³-hybridized carbons (Fsp3) is 0.500. The summed E-state index contributed by atoms with van der Waals surface area (Å²) in [5.41, 5.74) is 2.05. The van der Waals surface area contributed by atoms with Crippen molar-refractivity contribution in [1.82, 2.24) is 9.80 Å². The van der Waals surface area contributed by atoms with Crippen molar-refractivity contribution in [2.24, 2.45) is 5.92 Å². The van der Waals surface area contributed by atoms with E-state index in [1.54, 1.807) is 26.4 Å². The Morgan fingerprint density at radius 3 is 2.36 bits per heavy atom. The molecule has 7 heteroatoms. The van der Waals surface area contributed by atoms with Crippen LogP contribution < -0.4 is 9.47 Å². The van der Waals surface area contributed by atoms with Crippen molar-refractivity contribution in [2.45, 2.75) is 32.4 Å². The number of rotatable bonds is 10. The van der Waals surface area contributed by atoms with E-state index in [4.69, 9.17) is 14.2 Å². The van der Waals surface area contributed by atoms with E-state index in [0.717, 1.165) is 35.7 Å². The number of hydrogen-bond acceptors (Lipinski definition) is 5. The smallest absolute Gasteiger partial charge is 0.248 e. The highest BCUT2D eigenvalue weighted by Crippen LogP contribution is 2.35. The molecule has 0 bridgehead atoms. The number of benzene rings is 2. The molecule has 0 spiro atoms. The topological polar surface area (TPSA) is 51.2 Å². The molecule has 1 aliphatic heterocycles. The standard InChI is InChI=1S/C26H35FN2O4/c1-18(2)29(26(30)17-31-3)15-21-14-28(16-25(21)20-7-6-8-22(27)11-20)13-19-9-23(32-4)12-24(10-19)33-5/h6-12,18,21,25H,13-17H2,1-5H3/t21-,25-/m1/s1. The van der Waals surface area contributed by atoms with Crippen molar-refractivity contribution >= 4 is 5.91 Å². The number of ether oxygens (including phenoxy) is 3. The first-order valence-corrected chi connectivity index (χ1v) is 11.3. The first-order valence-electron chi connectivity index (χ1n) is 11.3. The molecular weight excluding hydrogens is 423 g/mol. The SMILES string of the molecule is COCC(=O)N(C[C@H]1CN(Cc2cc(OC)cc(OC)c2)C[C@@H]1c1cccc(F)c1)C(C)C. The number of halogens is 1. The van der Waals surface area contributed by atoms with Gasteiger partial charge < -0.3 is 19.1 Å². The maximum atomic E-state index is 14.1. The van der Waals surface area contributed by atoms with Crippen molar-refractivity contribution in [3.8, 4) is 11.5 Å². The zero-order valence-electron chi connectivity index (χ0n) is 20.2. The monoisotopic (exact) mass is 458 g/mol. The number of amides is 1. The maximum Gasteiger partial charge on any atom is 0.248 e. The van der Waals surface area contributed by atoms with E-state index in [1.807, 2.05) is 43.0 Å². The first kappa shape index (κ1) is 25.0. The van der Waals surface area contributed by atoms with Crippen LogP contribution in [0.1, 0.15) is 30.9 Å². The molecule has 1 aliphatic rings. The van der Waals surface area contributed by atoms with Crippen LogP contribution in [-0.2, 0) is 16.1 Å². The van der Waals surface area contributed by atoms with Gasteiger partial charge in [0.25, 0.3) is 0 Å². The predicted octanol–water partition coefficient (Wildman–Crippen LogP) is 3.94. The largest absolute Gasteiger partial charge is 0.497 e. The Balaban J connectivity index is 1.85. The Kier molecular flexibility index (Phi) is 8.69. The van der Waals surface area contributed by atoms with Crippen LogP contribution >= 0.6 is 0 Å². The fourth-order valence-electron chi connectivity index (χ4n) is 4.67. The first-order chi connectivity index (χ1) is 15.8. The van der Waals surface area contributed by atoms with Crippen LogP contribution in [0.4, 0.5) is 4.39 Å². The van der Waals surface area contributed by atoms with Crippen LogP contribution in [0.5, 0.6) is 11.5 Å². The molecule has 2 aromatic rings. The zero-order valence-corrected chi connectivity index (χ0v) is 20.2. The number of hydrogen-bond donors (Lipinski definition) is 0. The van der Waals surface area contributed by atoms with Gasteiger partial charge in [-0.1, -0.05) is 12.1 Å². The molecular formula is C26H35FN2O4. The van der Waals surface area contributed by atoms with Crippen LogP contribution in [-0.4, -0.2) is 69.3 Å². The summed E-state index contributed by atoms with van der Waals surface area (Å²) in [7, 11) is 4.82. The molecule has 0 unspecified atom stereocenters. The zero-order chi connectivity index (χ0) is 24.0. The van der Waals surface area contributed by atoms with Gasteiger partial charge in [0, 0.05) is 51.3 Å². The van der Waals surface area contributed by atoms with E-state index < -0.39 is 0 Å². The normalized spacial score (nSPS) is 18.5. The lowest BCUT2D eigenvalue weighted by Crippen LogP contribution is -2.43. The van der Waals surface area contributed by atoms with E-state index in [9.17, 15) is 9.18 Å². The van der Waals surface area contributed by atoms with Gasteiger partial charge in [0.15, 0.2) is 0 Å². The lowest BCUT2D eigenvalue weighted by atomic mass is 9.88. The highest BCUT2D eigenvalue weighted by molar-refractivity contribution is 5.77. The second-order valence-electron chi connectivity index (χ2n) is 8.91. The molecule has 3 rings (SSSR count). The van der Waals surface area contributed by atoms with E-state index in [2.05, 4.69) is 4.90 Å². The number of methoxy groups -OCH3 is 3. The lowest BCUT2D eigenvalue weighted by molar-refractivity contribution is -0.137. The molecule has 0 radical (unpaired) electrons. The fourth-order valence-corrected chi connectivity index (χ4v) is 4.67. The minimum absolute atomic E-state index is 0.0264. The second-order valence-corrected chi connectivity index (χ2v) is 8.91. The Hall–Kier alpha value is -2.64. The summed E-state index contributed by atoms with van der Waals surface area (Å²) < 4.78 is 30.0. The summed E-state index contributed by atoms with van der Waals surface area (Å²) in [6, 6.07) is 12.8. The average molecular weight is 459 g/mol. The Bertz CT molecular complexity index is 914. The van der Waals surface area contributed by atoms with Crippen LogP contribution in [0, 0.1) is 11.7 Å². The number of carbonyl (C=O) groups is 1. The summed E-state index contributed by atoms with van der Waals surface area (Å²) in [5, 5.41) is 0.